The number of morpholine rings is 1. The monoisotopic (exact) mass is 459 g/mol. The number of rotatable bonds is 6. The molecule has 0 spiro atoms. The van der Waals surface area contributed by atoms with E-state index in [-0.39, 0.29) is 23.7 Å². The van der Waals surface area contributed by atoms with E-state index in [1.807, 2.05) is 0 Å². The van der Waals surface area contributed by atoms with Gasteiger partial charge in [-0.15, -0.1) is 0 Å². The van der Waals surface area contributed by atoms with E-state index < -0.39 is 17.1 Å². The van der Waals surface area contributed by atoms with Gasteiger partial charge >= 0.3 is 11.7 Å². The fraction of sp³-hybridized carbons (Fsp3) is 0.429. The molecule has 33 heavy (non-hydrogen) atoms. The number of fused-ring (bicyclic) bond motifs is 1. The van der Waals surface area contributed by atoms with Crippen LogP contribution in [0.25, 0.3) is 11.2 Å². The van der Waals surface area contributed by atoms with Crippen LogP contribution in [0.3, 0.4) is 0 Å². The zero-order chi connectivity index (χ0) is 23.5. The van der Waals surface area contributed by atoms with Gasteiger partial charge in [-0.05, 0) is 6.07 Å². The highest BCUT2D eigenvalue weighted by atomic mass is 19.1. The second-order valence-electron chi connectivity index (χ2n) is 7.75. The minimum absolute atomic E-state index is 0.0408. The van der Waals surface area contributed by atoms with Crippen LogP contribution in [0.2, 0.25) is 0 Å². The standard InChI is InChI=1S/C21H26FN7O4/c1-26-17-16(18(30)27(2)21(26)32)29(13-14-5-3-4-6-15(14)22)19(25-17)23-7-8-24-20(31)28-9-11-33-12-10-28/h3-6H,7-13H2,1-2H3,(H,23,25)(H,24,31). The predicted octanol–water partition coefficient (Wildman–Crippen LogP) is 0.0748. The Bertz CT molecular complexity index is 1290. The number of amides is 2. The maximum absolute atomic E-state index is 14.4. The van der Waals surface area contributed by atoms with Gasteiger partial charge in [0.1, 0.15) is 5.82 Å². The van der Waals surface area contributed by atoms with Crippen molar-refractivity contribution in [2.24, 2.45) is 14.1 Å². The molecule has 11 nitrogen and oxygen atoms in total. The molecular weight excluding hydrogens is 433 g/mol. The Morgan fingerprint density at radius 3 is 2.58 bits per heavy atom. The van der Waals surface area contributed by atoms with E-state index in [1.165, 1.54) is 24.7 Å². The molecule has 12 heteroatoms. The Morgan fingerprint density at radius 2 is 1.85 bits per heavy atom. The maximum atomic E-state index is 14.4. The van der Waals surface area contributed by atoms with Crippen molar-refractivity contribution in [3.63, 3.8) is 0 Å². The predicted molar refractivity (Wildman–Crippen MR) is 120 cm³/mol. The maximum Gasteiger partial charge on any atom is 0.332 e. The van der Waals surface area contributed by atoms with Crippen molar-refractivity contribution < 1.29 is 13.9 Å². The van der Waals surface area contributed by atoms with Gasteiger partial charge in [0.2, 0.25) is 5.95 Å². The highest BCUT2D eigenvalue weighted by Crippen LogP contribution is 2.19. The van der Waals surface area contributed by atoms with Crippen LogP contribution >= 0.6 is 0 Å². The van der Waals surface area contributed by atoms with Gasteiger partial charge in [-0.25, -0.2) is 14.0 Å². The van der Waals surface area contributed by atoms with Gasteiger partial charge in [0.05, 0.1) is 19.8 Å². The second-order valence-corrected chi connectivity index (χ2v) is 7.75. The van der Waals surface area contributed by atoms with Crippen LogP contribution in [0.4, 0.5) is 15.1 Å². The summed E-state index contributed by atoms with van der Waals surface area (Å²) in [6.07, 6.45) is 0. The molecule has 0 unspecified atom stereocenters. The van der Waals surface area contributed by atoms with Crippen molar-refractivity contribution in [1.29, 1.82) is 0 Å². The van der Waals surface area contributed by atoms with Crippen LogP contribution < -0.4 is 21.9 Å². The number of hydrogen-bond acceptors (Lipinski definition) is 6. The Balaban J connectivity index is 1.60. The topological polar surface area (TPSA) is 115 Å². The molecule has 0 saturated carbocycles. The van der Waals surface area contributed by atoms with E-state index in [2.05, 4.69) is 15.6 Å². The summed E-state index contributed by atoms with van der Waals surface area (Å²) in [5.41, 5.74) is -0.281. The molecule has 1 fully saturated rings. The number of carbonyl (C=O) groups excluding carboxylic acids is 1. The Hall–Kier alpha value is -3.67. The number of aromatic nitrogens is 4. The van der Waals surface area contributed by atoms with Crippen LogP contribution in [-0.4, -0.2) is 69.0 Å². The molecule has 2 N–H and O–H groups in total. The minimum atomic E-state index is -0.523. The third kappa shape index (κ3) is 4.46. The van der Waals surface area contributed by atoms with Crippen LogP contribution in [0, 0.1) is 5.82 Å². The van der Waals surface area contributed by atoms with Gasteiger partial charge in [0.25, 0.3) is 5.56 Å². The smallest absolute Gasteiger partial charge is 0.332 e. The molecule has 4 rings (SSSR count). The highest BCUT2D eigenvalue weighted by Gasteiger charge is 2.20. The fourth-order valence-corrected chi connectivity index (χ4v) is 3.75. The van der Waals surface area contributed by atoms with Gasteiger partial charge in [0.15, 0.2) is 11.2 Å². The van der Waals surface area contributed by atoms with Gasteiger partial charge in [-0.2, -0.15) is 4.98 Å². The molecule has 176 valence electrons. The van der Waals surface area contributed by atoms with E-state index in [1.54, 1.807) is 27.7 Å². The lowest BCUT2D eigenvalue weighted by Crippen LogP contribution is -2.47. The normalized spacial score (nSPS) is 14.0. The number of imidazole rings is 1. The van der Waals surface area contributed by atoms with Gasteiger partial charge in [-0.3, -0.25) is 18.5 Å². The van der Waals surface area contributed by atoms with Crippen LogP contribution in [0.15, 0.2) is 33.9 Å². The molecule has 1 aromatic carbocycles. The lowest BCUT2D eigenvalue weighted by molar-refractivity contribution is 0.0533. The van der Waals surface area contributed by atoms with Crippen molar-refractivity contribution in [3.05, 3.63) is 56.5 Å². The molecule has 0 bridgehead atoms. The fourth-order valence-electron chi connectivity index (χ4n) is 3.75. The van der Waals surface area contributed by atoms with Gasteiger partial charge in [-0.1, -0.05) is 18.2 Å². The first kappa shape index (κ1) is 22.5. The van der Waals surface area contributed by atoms with E-state index in [4.69, 9.17) is 4.74 Å². The molecule has 3 aromatic rings. The quantitative estimate of drug-likeness (QED) is 0.505. The van der Waals surface area contributed by atoms with Gasteiger partial charge < -0.3 is 20.3 Å². The number of halogens is 1. The zero-order valence-corrected chi connectivity index (χ0v) is 18.5. The summed E-state index contributed by atoms with van der Waals surface area (Å²) < 4.78 is 23.4. The summed E-state index contributed by atoms with van der Waals surface area (Å²) in [6.45, 7) is 2.75. The highest BCUT2D eigenvalue weighted by molar-refractivity contribution is 5.75. The van der Waals surface area contributed by atoms with E-state index in [0.29, 0.717) is 50.9 Å². The SMILES string of the molecule is Cn1c(=O)c2c(nc(NCCNC(=O)N3CCOCC3)n2Cc2ccccc2F)n(C)c1=O. The van der Waals surface area contributed by atoms with Crippen molar-refractivity contribution in [2.45, 2.75) is 6.54 Å². The van der Waals surface area contributed by atoms with Crippen molar-refractivity contribution >= 4 is 23.1 Å². The summed E-state index contributed by atoms with van der Waals surface area (Å²) in [5.74, 6) is -0.114. The number of nitrogens with one attached hydrogen (secondary N) is 2. The first-order valence-electron chi connectivity index (χ1n) is 10.6. The molecule has 1 saturated heterocycles. The molecule has 0 aliphatic carbocycles. The number of nitrogens with zero attached hydrogens (tertiary/aromatic N) is 5. The summed E-state index contributed by atoms with van der Waals surface area (Å²) in [4.78, 5) is 43.6. The number of anilines is 1. The summed E-state index contributed by atoms with van der Waals surface area (Å²) >= 11 is 0. The van der Waals surface area contributed by atoms with E-state index in [9.17, 15) is 18.8 Å². The Morgan fingerprint density at radius 1 is 1.12 bits per heavy atom. The Labute approximate surface area is 188 Å². The van der Waals surface area contributed by atoms with E-state index >= 15 is 0 Å². The molecule has 2 aromatic heterocycles. The largest absolute Gasteiger partial charge is 0.378 e. The number of urea groups is 1. The minimum Gasteiger partial charge on any atom is -0.378 e. The average Bonchev–Trinajstić information content (AvgIpc) is 3.19. The third-order valence-corrected chi connectivity index (χ3v) is 5.62. The first-order chi connectivity index (χ1) is 15.9. The summed E-state index contributed by atoms with van der Waals surface area (Å²) in [7, 11) is 2.91. The lowest BCUT2D eigenvalue weighted by Gasteiger charge is -2.26. The van der Waals surface area contributed by atoms with Gasteiger partial charge in [0, 0.05) is 45.8 Å². The van der Waals surface area contributed by atoms with Crippen LogP contribution in [0.5, 0.6) is 0 Å². The molecule has 1 aliphatic rings. The first-order valence-corrected chi connectivity index (χ1v) is 10.6. The summed E-state index contributed by atoms with van der Waals surface area (Å²) in [5, 5.41) is 5.93. The molecule has 0 atom stereocenters. The zero-order valence-electron chi connectivity index (χ0n) is 18.5. The number of aryl methyl sites for hydroxylation is 1. The third-order valence-electron chi connectivity index (χ3n) is 5.62. The summed E-state index contributed by atoms with van der Waals surface area (Å²) in [6, 6.07) is 6.08. The molecular formula is C21H26FN7O4. The Kier molecular flexibility index (Phi) is 6.45. The van der Waals surface area contributed by atoms with E-state index in [0.717, 1.165) is 4.57 Å². The molecule has 2 amide bonds. The molecule has 3 heterocycles. The number of benzene rings is 1. The van der Waals surface area contributed by atoms with Crippen molar-refractivity contribution in [3.8, 4) is 0 Å². The molecule has 1 aliphatic heterocycles. The van der Waals surface area contributed by atoms with Crippen LogP contribution in [-0.2, 0) is 25.4 Å². The lowest BCUT2D eigenvalue weighted by atomic mass is 10.2. The number of hydrogen-bond donors (Lipinski definition) is 2. The van der Waals surface area contributed by atoms with Crippen molar-refractivity contribution in [1.82, 2.24) is 28.9 Å². The average molecular weight is 459 g/mol. The van der Waals surface area contributed by atoms with Crippen molar-refractivity contribution in [2.75, 3.05) is 44.7 Å². The number of carbonyl (C=O) groups is 1. The molecule has 0 radical (unpaired) electrons. The van der Waals surface area contributed by atoms with Crippen LogP contribution in [0.1, 0.15) is 5.56 Å². The number of ether oxygens (including phenoxy) is 1. The second kappa shape index (κ2) is 9.45.